The molecule has 0 aliphatic carbocycles. The summed E-state index contributed by atoms with van der Waals surface area (Å²) in [4.78, 5) is 41.3. The smallest absolute Gasteiger partial charge is 0.328 e. The van der Waals surface area contributed by atoms with E-state index in [4.69, 9.17) is 14.6 Å². The third kappa shape index (κ3) is 8.14. The van der Waals surface area contributed by atoms with Gasteiger partial charge in [-0.2, -0.15) is 0 Å². The standard InChI is InChI=1S/C34H32N2O6/c1-3-41-30-17-15-26(21-31(30)42-4-2)29(37)16-18-33(38)36-32-22-27(20-28(35-32)25-8-6-5-7-9-25)24-13-10-23(11-14-24)12-19-34(39)40/h5-15,17,19-22H,3-4,16,18H2,1-2H3,(H,39,40)(H,35,36,38). The molecule has 0 atom stereocenters. The first-order valence-electron chi connectivity index (χ1n) is 13.7. The zero-order valence-electron chi connectivity index (χ0n) is 23.5. The van der Waals surface area contributed by atoms with Crippen molar-refractivity contribution in [3.63, 3.8) is 0 Å². The van der Waals surface area contributed by atoms with Gasteiger partial charge in [-0.25, -0.2) is 9.78 Å². The molecule has 0 radical (unpaired) electrons. The van der Waals surface area contributed by atoms with Gasteiger partial charge < -0.3 is 19.9 Å². The lowest BCUT2D eigenvalue weighted by molar-refractivity contribution is -0.131. The summed E-state index contributed by atoms with van der Waals surface area (Å²) in [6.45, 7) is 4.64. The minimum atomic E-state index is -1.02. The first-order chi connectivity index (χ1) is 20.4. The summed E-state index contributed by atoms with van der Waals surface area (Å²) in [6, 6.07) is 25.7. The number of pyridine rings is 1. The summed E-state index contributed by atoms with van der Waals surface area (Å²) in [6.07, 6.45) is 2.60. The van der Waals surface area contributed by atoms with Crippen LogP contribution in [0.15, 0.2) is 91.0 Å². The van der Waals surface area contributed by atoms with Gasteiger partial charge in [-0.05, 0) is 66.9 Å². The molecule has 0 unspecified atom stereocenters. The van der Waals surface area contributed by atoms with Crippen molar-refractivity contribution in [3.8, 4) is 33.9 Å². The van der Waals surface area contributed by atoms with Crippen LogP contribution in [0.4, 0.5) is 5.82 Å². The number of nitrogens with one attached hydrogen (secondary N) is 1. The molecule has 3 aromatic carbocycles. The van der Waals surface area contributed by atoms with E-state index in [2.05, 4.69) is 10.3 Å². The number of amides is 1. The molecule has 1 heterocycles. The number of Topliss-reactive ketones (excluding diaryl/α,β-unsaturated/α-hetero) is 1. The normalized spacial score (nSPS) is 10.8. The van der Waals surface area contributed by atoms with E-state index >= 15 is 0 Å². The lowest BCUT2D eigenvalue weighted by Crippen LogP contribution is -2.15. The molecule has 4 rings (SSSR count). The number of nitrogens with zero attached hydrogens (tertiary/aromatic N) is 1. The number of anilines is 1. The third-order valence-electron chi connectivity index (χ3n) is 6.27. The first kappa shape index (κ1) is 29.7. The zero-order valence-corrected chi connectivity index (χ0v) is 23.5. The number of hydrogen-bond acceptors (Lipinski definition) is 6. The molecule has 8 heteroatoms. The number of carboxylic acids is 1. The summed E-state index contributed by atoms with van der Waals surface area (Å²) < 4.78 is 11.2. The van der Waals surface area contributed by atoms with Crippen LogP contribution in [0.3, 0.4) is 0 Å². The Morgan fingerprint density at radius 1 is 0.786 bits per heavy atom. The number of carbonyl (C=O) groups is 3. The van der Waals surface area contributed by atoms with Crippen molar-refractivity contribution in [3.05, 3.63) is 102 Å². The number of ether oxygens (including phenoxy) is 2. The van der Waals surface area contributed by atoms with Crippen LogP contribution >= 0.6 is 0 Å². The van der Waals surface area contributed by atoms with Gasteiger partial charge in [0.25, 0.3) is 0 Å². The fourth-order valence-electron chi connectivity index (χ4n) is 4.27. The predicted octanol–water partition coefficient (Wildman–Crippen LogP) is 6.91. The Labute approximate surface area is 244 Å². The predicted molar refractivity (Wildman–Crippen MR) is 163 cm³/mol. The molecule has 4 aromatic rings. The van der Waals surface area contributed by atoms with Gasteiger partial charge in [0.2, 0.25) is 5.91 Å². The van der Waals surface area contributed by atoms with E-state index in [9.17, 15) is 14.4 Å². The van der Waals surface area contributed by atoms with E-state index in [-0.39, 0.29) is 24.5 Å². The Hall–Kier alpha value is -5.24. The van der Waals surface area contributed by atoms with Crippen molar-refractivity contribution in [2.75, 3.05) is 18.5 Å². The fourth-order valence-corrected chi connectivity index (χ4v) is 4.27. The van der Waals surface area contributed by atoms with Gasteiger partial charge in [-0.3, -0.25) is 9.59 Å². The maximum atomic E-state index is 12.9. The Kier molecular flexibility index (Phi) is 10.2. The molecule has 8 nitrogen and oxygen atoms in total. The summed E-state index contributed by atoms with van der Waals surface area (Å²) in [5.41, 5.74) is 4.44. The first-order valence-corrected chi connectivity index (χ1v) is 13.7. The monoisotopic (exact) mass is 564 g/mol. The SMILES string of the molecule is CCOc1ccc(C(=O)CCC(=O)Nc2cc(-c3ccc(C=CC(=O)O)cc3)cc(-c3ccccc3)n2)cc1OCC. The molecule has 0 spiro atoms. The van der Waals surface area contributed by atoms with E-state index in [0.29, 0.717) is 41.8 Å². The molecule has 0 aliphatic rings. The lowest BCUT2D eigenvalue weighted by Gasteiger charge is -2.12. The Balaban J connectivity index is 1.51. The molecule has 42 heavy (non-hydrogen) atoms. The molecular weight excluding hydrogens is 532 g/mol. The Morgan fingerprint density at radius 2 is 1.50 bits per heavy atom. The second-order valence-electron chi connectivity index (χ2n) is 9.28. The number of hydrogen-bond donors (Lipinski definition) is 2. The summed E-state index contributed by atoms with van der Waals surface area (Å²) in [5.74, 6) is -0.110. The van der Waals surface area contributed by atoms with E-state index in [1.807, 2.05) is 74.5 Å². The highest BCUT2D eigenvalue weighted by molar-refractivity contribution is 6.00. The van der Waals surface area contributed by atoms with Gasteiger partial charge >= 0.3 is 5.97 Å². The maximum Gasteiger partial charge on any atom is 0.328 e. The maximum absolute atomic E-state index is 12.9. The topological polar surface area (TPSA) is 115 Å². The number of carboxylic acid groups (broad SMARTS) is 1. The van der Waals surface area contributed by atoms with Gasteiger partial charge in [-0.1, -0.05) is 54.6 Å². The molecule has 0 saturated carbocycles. The molecule has 0 bridgehead atoms. The lowest BCUT2D eigenvalue weighted by atomic mass is 10.0. The van der Waals surface area contributed by atoms with Crippen LogP contribution in [0, 0.1) is 0 Å². The van der Waals surface area contributed by atoms with Gasteiger partial charge in [0.05, 0.1) is 18.9 Å². The average Bonchev–Trinajstić information content (AvgIpc) is 3.00. The van der Waals surface area contributed by atoms with E-state index in [1.165, 1.54) is 6.08 Å². The van der Waals surface area contributed by atoms with E-state index < -0.39 is 5.97 Å². The number of benzene rings is 3. The minimum absolute atomic E-state index is 0.0158. The van der Waals surface area contributed by atoms with E-state index in [1.54, 1.807) is 24.3 Å². The highest BCUT2D eigenvalue weighted by Crippen LogP contribution is 2.30. The Bertz CT molecular complexity index is 1580. The molecule has 1 aromatic heterocycles. The zero-order chi connectivity index (χ0) is 29.9. The van der Waals surface area contributed by atoms with Crippen LogP contribution in [0.1, 0.15) is 42.6 Å². The number of rotatable bonds is 13. The van der Waals surface area contributed by atoms with Gasteiger partial charge in [0, 0.05) is 30.0 Å². The van der Waals surface area contributed by atoms with Gasteiger partial charge in [0.15, 0.2) is 17.3 Å². The fraction of sp³-hybridized carbons (Fsp3) is 0.176. The van der Waals surface area contributed by atoms with Gasteiger partial charge in [-0.15, -0.1) is 0 Å². The number of aliphatic carboxylic acids is 1. The summed E-state index contributed by atoms with van der Waals surface area (Å²) >= 11 is 0. The van der Waals surface area contributed by atoms with Crippen LogP contribution in [0.5, 0.6) is 11.5 Å². The van der Waals surface area contributed by atoms with Crippen molar-refractivity contribution < 1.29 is 29.0 Å². The average molecular weight is 565 g/mol. The largest absolute Gasteiger partial charge is 0.490 e. The highest BCUT2D eigenvalue weighted by atomic mass is 16.5. The second-order valence-corrected chi connectivity index (χ2v) is 9.28. The second kappa shape index (κ2) is 14.4. The Morgan fingerprint density at radius 3 is 2.19 bits per heavy atom. The molecular formula is C34H32N2O6. The van der Waals surface area contributed by atoms with E-state index in [0.717, 1.165) is 28.3 Å². The molecule has 1 amide bonds. The van der Waals surface area contributed by atoms with Crippen LogP contribution in [-0.4, -0.2) is 41.0 Å². The molecule has 0 fully saturated rings. The van der Waals surface area contributed by atoms with Gasteiger partial charge in [0.1, 0.15) is 5.82 Å². The number of carbonyl (C=O) groups excluding carboxylic acids is 2. The number of aromatic nitrogens is 1. The highest BCUT2D eigenvalue weighted by Gasteiger charge is 2.15. The van der Waals surface area contributed by atoms with Crippen LogP contribution < -0.4 is 14.8 Å². The summed E-state index contributed by atoms with van der Waals surface area (Å²) in [7, 11) is 0. The van der Waals surface area contributed by atoms with Crippen LogP contribution in [0.25, 0.3) is 28.5 Å². The molecule has 214 valence electrons. The van der Waals surface area contributed by atoms with Crippen molar-refractivity contribution in [1.29, 1.82) is 0 Å². The third-order valence-corrected chi connectivity index (χ3v) is 6.27. The number of ketones is 1. The van der Waals surface area contributed by atoms with Crippen molar-refractivity contribution >= 4 is 29.6 Å². The molecule has 0 saturated heterocycles. The van der Waals surface area contributed by atoms with Crippen molar-refractivity contribution in [1.82, 2.24) is 4.98 Å². The molecule has 2 N–H and O–H groups in total. The molecule has 0 aliphatic heterocycles. The van der Waals surface area contributed by atoms with Crippen LogP contribution in [0.2, 0.25) is 0 Å². The van der Waals surface area contributed by atoms with Crippen molar-refractivity contribution in [2.45, 2.75) is 26.7 Å². The van der Waals surface area contributed by atoms with Crippen LogP contribution in [-0.2, 0) is 9.59 Å². The minimum Gasteiger partial charge on any atom is -0.490 e. The van der Waals surface area contributed by atoms with Crippen molar-refractivity contribution in [2.24, 2.45) is 0 Å². The summed E-state index contributed by atoms with van der Waals surface area (Å²) in [5, 5.41) is 11.7. The quantitative estimate of drug-likeness (QED) is 0.134.